The van der Waals surface area contributed by atoms with E-state index in [-0.39, 0.29) is 22.8 Å². The van der Waals surface area contributed by atoms with Crippen molar-refractivity contribution in [2.24, 2.45) is 0 Å². The molecule has 3 N–H and O–H groups in total. The lowest BCUT2D eigenvalue weighted by molar-refractivity contribution is -0.114. The van der Waals surface area contributed by atoms with Gasteiger partial charge in [0.1, 0.15) is 5.69 Å². The number of amides is 2. The number of aromatic nitrogens is 1. The number of aryl methyl sites for hydroxylation is 2. The molecule has 1 saturated heterocycles. The summed E-state index contributed by atoms with van der Waals surface area (Å²) in [5.74, 6) is -0.375. The van der Waals surface area contributed by atoms with Crippen LogP contribution in [0.5, 0.6) is 0 Å². The number of H-pyrrole nitrogens is 1. The Morgan fingerprint density at radius 2 is 1.72 bits per heavy atom. The zero-order chi connectivity index (χ0) is 21.2. The van der Waals surface area contributed by atoms with E-state index in [0.717, 1.165) is 11.3 Å². The number of benzene rings is 1. The molecular weight excluding hydrogens is 392 g/mol. The highest BCUT2D eigenvalue weighted by Gasteiger charge is 2.30. The Bertz CT molecular complexity index is 1000. The summed E-state index contributed by atoms with van der Waals surface area (Å²) in [7, 11) is -3.61. The maximum Gasteiger partial charge on any atom is 0.268 e. The zero-order valence-corrected chi connectivity index (χ0v) is 17.6. The van der Waals surface area contributed by atoms with Gasteiger partial charge in [0.25, 0.3) is 5.91 Å². The SMILES string of the molecule is CC(=O)Nc1ccc(S(=O)(=O)N2CCC(NC(=O)c3[nH]c(C)cc3C)CC2)cc1. The number of aromatic amines is 1. The molecule has 0 unspecified atom stereocenters. The maximum absolute atomic E-state index is 12.9. The number of hydrogen-bond acceptors (Lipinski definition) is 4. The van der Waals surface area contributed by atoms with Gasteiger partial charge in [0.15, 0.2) is 0 Å². The van der Waals surface area contributed by atoms with E-state index in [1.54, 1.807) is 12.1 Å². The van der Waals surface area contributed by atoms with E-state index in [4.69, 9.17) is 0 Å². The van der Waals surface area contributed by atoms with Crippen LogP contribution in [-0.4, -0.2) is 48.7 Å². The molecule has 0 radical (unpaired) electrons. The first-order valence-corrected chi connectivity index (χ1v) is 11.0. The van der Waals surface area contributed by atoms with E-state index in [2.05, 4.69) is 15.6 Å². The number of carbonyl (C=O) groups excluding carboxylic acids is 2. The summed E-state index contributed by atoms with van der Waals surface area (Å²) >= 11 is 0. The quantitative estimate of drug-likeness (QED) is 0.691. The van der Waals surface area contributed by atoms with Gasteiger partial charge in [-0.25, -0.2) is 8.42 Å². The number of piperidine rings is 1. The molecule has 0 atom stereocenters. The van der Waals surface area contributed by atoms with Crippen LogP contribution in [-0.2, 0) is 14.8 Å². The van der Waals surface area contributed by atoms with Gasteiger partial charge in [0.2, 0.25) is 15.9 Å². The Kier molecular flexibility index (Phi) is 6.09. The Morgan fingerprint density at radius 3 is 2.24 bits per heavy atom. The molecular formula is C20H26N4O4S. The first-order chi connectivity index (χ1) is 13.7. The van der Waals surface area contributed by atoms with Crippen molar-refractivity contribution in [1.82, 2.24) is 14.6 Å². The third-order valence-electron chi connectivity index (χ3n) is 4.98. The number of nitrogens with zero attached hydrogens (tertiary/aromatic N) is 1. The van der Waals surface area contributed by atoms with Crippen LogP contribution in [0.15, 0.2) is 35.2 Å². The average Bonchev–Trinajstić information content (AvgIpc) is 3.00. The van der Waals surface area contributed by atoms with Gasteiger partial charge < -0.3 is 15.6 Å². The van der Waals surface area contributed by atoms with Crippen molar-refractivity contribution < 1.29 is 18.0 Å². The van der Waals surface area contributed by atoms with Crippen LogP contribution in [0, 0.1) is 13.8 Å². The summed E-state index contributed by atoms with van der Waals surface area (Å²) < 4.78 is 27.2. The molecule has 29 heavy (non-hydrogen) atoms. The fourth-order valence-electron chi connectivity index (χ4n) is 3.53. The number of hydrogen-bond donors (Lipinski definition) is 3. The fraction of sp³-hybridized carbons (Fsp3) is 0.400. The highest BCUT2D eigenvalue weighted by Crippen LogP contribution is 2.22. The van der Waals surface area contributed by atoms with E-state index in [0.29, 0.717) is 37.3 Å². The minimum Gasteiger partial charge on any atom is -0.354 e. The van der Waals surface area contributed by atoms with Crippen molar-refractivity contribution in [2.45, 2.75) is 44.6 Å². The molecule has 2 heterocycles. The molecule has 8 nitrogen and oxygen atoms in total. The van der Waals surface area contributed by atoms with E-state index in [1.165, 1.54) is 23.4 Å². The largest absolute Gasteiger partial charge is 0.354 e. The van der Waals surface area contributed by atoms with Crippen LogP contribution >= 0.6 is 0 Å². The van der Waals surface area contributed by atoms with E-state index < -0.39 is 10.0 Å². The average molecular weight is 419 g/mol. The van der Waals surface area contributed by atoms with Crippen LogP contribution in [0.3, 0.4) is 0 Å². The van der Waals surface area contributed by atoms with E-state index in [1.807, 2.05) is 19.9 Å². The smallest absolute Gasteiger partial charge is 0.268 e. The molecule has 2 aromatic rings. The molecule has 2 amide bonds. The number of rotatable bonds is 5. The van der Waals surface area contributed by atoms with Gasteiger partial charge >= 0.3 is 0 Å². The number of nitrogens with one attached hydrogen (secondary N) is 3. The normalized spacial score (nSPS) is 15.8. The Labute approximate surface area is 170 Å². The molecule has 3 rings (SSSR count). The lowest BCUT2D eigenvalue weighted by atomic mass is 10.1. The van der Waals surface area contributed by atoms with Gasteiger partial charge in [0.05, 0.1) is 4.90 Å². The fourth-order valence-corrected chi connectivity index (χ4v) is 4.99. The van der Waals surface area contributed by atoms with Crippen molar-refractivity contribution in [3.8, 4) is 0 Å². The highest BCUT2D eigenvalue weighted by atomic mass is 32.2. The number of anilines is 1. The van der Waals surface area contributed by atoms with Crippen LogP contribution in [0.2, 0.25) is 0 Å². The molecule has 0 aliphatic carbocycles. The van der Waals surface area contributed by atoms with Crippen molar-refractivity contribution >= 4 is 27.5 Å². The van der Waals surface area contributed by atoms with Gasteiger partial charge in [-0.1, -0.05) is 0 Å². The summed E-state index contributed by atoms with van der Waals surface area (Å²) in [6.07, 6.45) is 1.10. The molecule has 0 saturated carbocycles. The van der Waals surface area contributed by atoms with E-state index >= 15 is 0 Å². The Hall–Kier alpha value is -2.65. The van der Waals surface area contributed by atoms with Crippen molar-refractivity contribution in [3.05, 3.63) is 47.3 Å². The Balaban J connectivity index is 1.60. The second kappa shape index (κ2) is 8.38. The minimum atomic E-state index is -3.61. The molecule has 0 spiro atoms. The molecule has 1 aliphatic rings. The summed E-state index contributed by atoms with van der Waals surface area (Å²) in [4.78, 5) is 26.8. The van der Waals surface area contributed by atoms with Crippen LogP contribution in [0.25, 0.3) is 0 Å². The monoisotopic (exact) mass is 418 g/mol. The lowest BCUT2D eigenvalue weighted by Gasteiger charge is -2.31. The summed E-state index contributed by atoms with van der Waals surface area (Å²) in [6, 6.07) is 7.97. The molecule has 1 aromatic carbocycles. The second-order valence-corrected chi connectivity index (χ2v) is 9.31. The van der Waals surface area contributed by atoms with Crippen LogP contribution in [0.4, 0.5) is 5.69 Å². The van der Waals surface area contributed by atoms with Gasteiger partial charge in [-0.05, 0) is 62.6 Å². The molecule has 0 bridgehead atoms. The summed E-state index contributed by atoms with van der Waals surface area (Å²) in [5, 5.41) is 5.61. The molecule has 1 aliphatic heterocycles. The summed E-state index contributed by atoms with van der Waals surface area (Å²) in [5.41, 5.74) is 2.92. The van der Waals surface area contributed by atoms with Crippen molar-refractivity contribution in [2.75, 3.05) is 18.4 Å². The third-order valence-corrected chi connectivity index (χ3v) is 6.89. The van der Waals surface area contributed by atoms with E-state index in [9.17, 15) is 18.0 Å². The zero-order valence-electron chi connectivity index (χ0n) is 16.8. The number of sulfonamides is 1. The minimum absolute atomic E-state index is 0.0703. The van der Waals surface area contributed by atoms with Gasteiger partial charge in [-0.3, -0.25) is 9.59 Å². The predicted octanol–water partition coefficient (Wildman–Crippen LogP) is 2.17. The van der Waals surface area contributed by atoms with Crippen molar-refractivity contribution in [1.29, 1.82) is 0 Å². The molecule has 156 valence electrons. The summed E-state index contributed by atoms with van der Waals surface area (Å²) in [6.45, 7) is 5.85. The standard InChI is InChI=1S/C20H26N4O4S/c1-13-12-14(2)21-19(13)20(26)23-17-8-10-24(11-9-17)29(27,28)18-6-4-16(5-7-18)22-15(3)25/h4-7,12,17,21H,8-11H2,1-3H3,(H,22,25)(H,23,26). The topological polar surface area (TPSA) is 111 Å². The van der Waals surface area contributed by atoms with Gasteiger partial charge in [0, 0.05) is 37.4 Å². The highest BCUT2D eigenvalue weighted by molar-refractivity contribution is 7.89. The van der Waals surface area contributed by atoms with Crippen molar-refractivity contribution in [3.63, 3.8) is 0 Å². The third kappa shape index (κ3) is 4.86. The van der Waals surface area contributed by atoms with Gasteiger partial charge in [-0.2, -0.15) is 4.31 Å². The number of carbonyl (C=O) groups is 2. The van der Waals surface area contributed by atoms with Gasteiger partial charge in [-0.15, -0.1) is 0 Å². The molecule has 1 aromatic heterocycles. The molecule has 9 heteroatoms. The first-order valence-electron chi connectivity index (χ1n) is 9.51. The Morgan fingerprint density at radius 1 is 1.10 bits per heavy atom. The molecule has 1 fully saturated rings. The second-order valence-electron chi connectivity index (χ2n) is 7.37. The van der Waals surface area contributed by atoms with Crippen LogP contribution in [0.1, 0.15) is 41.5 Å². The lowest BCUT2D eigenvalue weighted by Crippen LogP contribution is -2.46. The van der Waals surface area contributed by atoms with Crippen LogP contribution < -0.4 is 10.6 Å². The maximum atomic E-state index is 12.9. The predicted molar refractivity (Wildman–Crippen MR) is 110 cm³/mol. The first kappa shape index (κ1) is 21.1.